The number of fused-ring (bicyclic) bond motifs is 2. The number of aromatic nitrogens is 2. The SMILES string of the molecule is CN(C)CC1(Oc2nc3c(c(N4CCN(C(=O)O)[C@](CC#N)(Cc5ccccc5)C4)n2)CCN(c2cccc4ccccc24)C3)CCC1. The second-order valence-electron chi connectivity index (χ2n) is 13.9. The van der Waals surface area contributed by atoms with Crippen LogP contribution < -0.4 is 14.5 Å². The molecule has 10 nitrogen and oxygen atoms in total. The van der Waals surface area contributed by atoms with Gasteiger partial charge in [-0.3, -0.25) is 4.90 Å². The van der Waals surface area contributed by atoms with E-state index in [0.717, 1.165) is 61.4 Å². The molecule has 1 aliphatic carbocycles. The van der Waals surface area contributed by atoms with Crippen LogP contribution in [0.5, 0.6) is 6.01 Å². The average molecular weight is 646 g/mol. The van der Waals surface area contributed by atoms with Crippen molar-refractivity contribution in [2.45, 2.75) is 56.2 Å². The molecule has 1 aromatic heterocycles. The summed E-state index contributed by atoms with van der Waals surface area (Å²) in [6.45, 7) is 3.27. The highest BCUT2D eigenvalue weighted by molar-refractivity contribution is 5.94. The van der Waals surface area contributed by atoms with E-state index in [4.69, 9.17) is 14.7 Å². The van der Waals surface area contributed by atoms with Crippen molar-refractivity contribution in [2.24, 2.45) is 0 Å². The molecule has 4 aromatic rings. The molecule has 3 aliphatic rings. The van der Waals surface area contributed by atoms with E-state index in [1.54, 1.807) is 0 Å². The van der Waals surface area contributed by atoms with Crippen molar-refractivity contribution >= 4 is 28.4 Å². The van der Waals surface area contributed by atoms with E-state index in [0.29, 0.717) is 32.1 Å². The number of carboxylic acid groups (broad SMARTS) is 1. The Morgan fingerprint density at radius 2 is 1.75 bits per heavy atom. The summed E-state index contributed by atoms with van der Waals surface area (Å²) in [6, 6.07) is 27.5. The number of hydrogen-bond donors (Lipinski definition) is 1. The fourth-order valence-corrected chi connectivity index (χ4v) is 7.96. The molecule has 248 valence electrons. The number of rotatable bonds is 9. The third-order valence-electron chi connectivity index (χ3n) is 10.3. The number of piperazine rings is 1. The first-order chi connectivity index (χ1) is 23.3. The van der Waals surface area contributed by atoms with E-state index in [-0.39, 0.29) is 18.6 Å². The molecule has 0 bridgehead atoms. The zero-order valence-corrected chi connectivity index (χ0v) is 27.8. The van der Waals surface area contributed by atoms with Gasteiger partial charge in [0.1, 0.15) is 11.4 Å². The number of amides is 1. The van der Waals surface area contributed by atoms with Gasteiger partial charge in [-0.2, -0.15) is 15.2 Å². The highest BCUT2D eigenvalue weighted by Gasteiger charge is 2.46. The zero-order valence-electron chi connectivity index (χ0n) is 27.8. The van der Waals surface area contributed by atoms with Crippen LogP contribution in [0.3, 0.4) is 0 Å². The molecule has 48 heavy (non-hydrogen) atoms. The number of nitriles is 1. The highest BCUT2D eigenvalue weighted by Crippen LogP contribution is 2.40. The second-order valence-corrected chi connectivity index (χ2v) is 13.9. The fraction of sp³-hybridized carbons (Fsp3) is 0.421. The molecular weight excluding hydrogens is 602 g/mol. The molecule has 3 aromatic carbocycles. The summed E-state index contributed by atoms with van der Waals surface area (Å²) < 4.78 is 6.75. The largest absolute Gasteiger partial charge is 0.465 e. The van der Waals surface area contributed by atoms with E-state index in [1.165, 1.54) is 21.4 Å². The predicted octanol–water partition coefficient (Wildman–Crippen LogP) is 5.75. The molecule has 0 radical (unpaired) electrons. The minimum Gasteiger partial charge on any atom is -0.465 e. The number of carbonyl (C=O) groups is 1. The maximum absolute atomic E-state index is 12.7. The van der Waals surface area contributed by atoms with Crippen LogP contribution in [0.25, 0.3) is 10.8 Å². The number of nitrogens with zero attached hydrogens (tertiary/aromatic N) is 7. The van der Waals surface area contributed by atoms with Crippen LogP contribution >= 0.6 is 0 Å². The lowest BCUT2D eigenvalue weighted by molar-refractivity contribution is -0.0335. The van der Waals surface area contributed by atoms with E-state index in [1.807, 2.05) is 30.3 Å². The molecule has 1 amide bonds. The van der Waals surface area contributed by atoms with Gasteiger partial charge in [0.15, 0.2) is 0 Å². The second kappa shape index (κ2) is 13.0. The van der Waals surface area contributed by atoms with Crippen molar-refractivity contribution in [1.82, 2.24) is 19.8 Å². The Bertz CT molecular complexity index is 1830. The first kappa shape index (κ1) is 31.7. The Morgan fingerprint density at radius 1 is 0.979 bits per heavy atom. The smallest absolute Gasteiger partial charge is 0.407 e. The van der Waals surface area contributed by atoms with Crippen LogP contribution in [-0.4, -0.2) is 88.9 Å². The molecule has 1 N–H and O–H groups in total. The molecule has 1 atom stereocenters. The topological polar surface area (TPSA) is 109 Å². The lowest BCUT2D eigenvalue weighted by Crippen LogP contribution is -2.65. The Balaban J connectivity index is 1.29. The van der Waals surface area contributed by atoms with Crippen molar-refractivity contribution in [1.29, 1.82) is 5.26 Å². The molecular formula is C38H43N7O3. The van der Waals surface area contributed by atoms with Crippen LogP contribution in [-0.2, 0) is 19.4 Å². The van der Waals surface area contributed by atoms with Crippen molar-refractivity contribution in [3.63, 3.8) is 0 Å². The first-order valence-corrected chi connectivity index (χ1v) is 16.9. The summed E-state index contributed by atoms with van der Waals surface area (Å²) >= 11 is 0. The van der Waals surface area contributed by atoms with Gasteiger partial charge in [0.2, 0.25) is 0 Å². The van der Waals surface area contributed by atoms with Crippen molar-refractivity contribution in [3.05, 3.63) is 89.6 Å². The van der Waals surface area contributed by atoms with E-state index >= 15 is 0 Å². The number of anilines is 2. The van der Waals surface area contributed by atoms with Gasteiger partial charge in [-0.25, -0.2) is 4.79 Å². The summed E-state index contributed by atoms with van der Waals surface area (Å²) in [5.41, 5.74) is 2.90. The highest BCUT2D eigenvalue weighted by atomic mass is 16.5. The Labute approximate surface area is 282 Å². The Morgan fingerprint density at radius 3 is 2.48 bits per heavy atom. The molecule has 3 heterocycles. The zero-order chi connectivity index (χ0) is 33.3. The van der Waals surface area contributed by atoms with Gasteiger partial charge >= 0.3 is 12.1 Å². The number of ether oxygens (including phenoxy) is 1. The monoisotopic (exact) mass is 645 g/mol. The van der Waals surface area contributed by atoms with Gasteiger partial charge < -0.3 is 24.5 Å². The molecule has 1 saturated heterocycles. The number of likely N-dealkylation sites (N-methyl/N-ethyl adjacent to an activating group) is 1. The van der Waals surface area contributed by atoms with Crippen LogP contribution in [0, 0.1) is 11.3 Å². The van der Waals surface area contributed by atoms with E-state index in [2.05, 4.69) is 77.3 Å². The minimum absolute atomic E-state index is 0.0716. The Kier molecular flexibility index (Phi) is 8.56. The van der Waals surface area contributed by atoms with Crippen molar-refractivity contribution in [2.75, 3.05) is 56.6 Å². The van der Waals surface area contributed by atoms with Gasteiger partial charge in [0, 0.05) is 49.4 Å². The predicted molar refractivity (Wildman–Crippen MR) is 187 cm³/mol. The normalized spacial score (nSPS) is 20.2. The summed E-state index contributed by atoms with van der Waals surface area (Å²) in [7, 11) is 4.13. The maximum Gasteiger partial charge on any atom is 0.407 e. The quantitative estimate of drug-likeness (QED) is 0.243. The van der Waals surface area contributed by atoms with Gasteiger partial charge in [0.25, 0.3) is 0 Å². The lowest BCUT2D eigenvalue weighted by Gasteiger charge is -2.49. The van der Waals surface area contributed by atoms with Crippen LogP contribution in [0.1, 0.15) is 42.5 Å². The molecule has 2 fully saturated rings. The average Bonchev–Trinajstić information content (AvgIpc) is 3.06. The molecule has 7 rings (SSSR count). The molecule has 0 unspecified atom stereocenters. The fourth-order valence-electron chi connectivity index (χ4n) is 7.96. The molecule has 1 saturated carbocycles. The number of benzene rings is 3. The van der Waals surface area contributed by atoms with Gasteiger partial charge in [-0.1, -0.05) is 66.7 Å². The van der Waals surface area contributed by atoms with Crippen LogP contribution in [0.15, 0.2) is 72.8 Å². The standard InChI is InChI=1S/C38H43N7O3/c1-42(2)27-38(17-9-18-38)48-35-40-32-25-43(33-15-8-13-29-12-6-7-14-30(29)33)21-16-31(32)34(41-35)44-22-23-45(36(46)47)37(26-44,19-20-39)24-28-10-4-3-5-11-28/h3-8,10-15H,9,16-19,21-27H2,1-2H3,(H,46,47)/t37-/m1/s1. The van der Waals surface area contributed by atoms with E-state index in [9.17, 15) is 15.2 Å². The van der Waals surface area contributed by atoms with Crippen LogP contribution in [0.2, 0.25) is 0 Å². The summed E-state index contributed by atoms with van der Waals surface area (Å²) in [4.78, 5) is 31.1. The maximum atomic E-state index is 12.7. The number of hydrogen-bond acceptors (Lipinski definition) is 8. The molecule has 10 heteroatoms. The minimum atomic E-state index is -1.00. The third-order valence-corrected chi connectivity index (χ3v) is 10.3. The summed E-state index contributed by atoms with van der Waals surface area (Å²) in [6.07, 6.45) is 3.24. The van der Waals surface area contributed by atoms with Crippen LogP contribution in [0.4, 0.5) is 16.3 Å². The van der Waals surface area contributed by atoms with E-state index < -0.39 is 11.6 Å². The van der Waals surface area contributed by atoms with Gasteiger partial charge in [-0.15, -0.1) is 0 Å². The summed E-state index contributed by atoms with van der Waals surface area (Å²) in [5.74, 6) is 0.798. The molecule has 0 spiro atoms. The lowest BCUT2D eigenvalue weighted by atomic mass is 9.79. The molecule has 2 aliphatic heterocycles. The van der Waals surface area contributed by atoms with Gasteiger partial charge in [0.05, 0.1) is 30.3 Å². The Hall–Kier alpha value is -4.88. The third kappa shape index (κ3) is 6.11. The van der Waals surface area contributed by atoms with Crippen molar-refractivity contribution in [3.8, 4) is 12.1 Å². The summed E-state index contributed by atoms with van der Waals surface area (Å²) in [5, 5.41) is 22.8. The first-order valence-electron chi connectivity index (χ1n) is 16.9. The van der Waals surface area contributed by atoms with Gasteiger partial charge in [-0.05, 0) is 63.2 Å². The van der Waals surface area contributed by atoms with Crippen molar-refractivity contribution < 1.29 is 14.6 Å².